The molecule has 1 rings (SSSR count). The Morgan fingerprint density at radius 2 is 2.28 bits per heavy atom. The van der Waals surface area contributed by atoms with Gasteiger partial charge >= 0.3 is 0 Å². The van der Waals surface area contributed by atoms with Crippen molar-refractivity contribution in [3.05, 3.63) is 12.3 Å². The molecule has 5 heteroatoms. The predicted octanol–water partition coefficient (Wildman–Crippen LogP) is 2.09. The maximum atomic E-state index is 8.93. The number of rotatable bonds is 9. The Morgan fingerprint density at radius 3 is 2.94 bits per heavy atom. The molecule has 1 heterocycles. The van der Waals surface area contributed by atoms with Crippen LogP contribution in [0.4, 0.5) is 5.95 Å². The smallest absolute Gasteiger partial charge is 0.225 e. The van der Waals surface area contributed by atoms with Gasteiger partial charge in [0, 0.05) is 25.4 Å². The summed E-state index contributed by atoms with van der Waals surface area (Å²) < 4.78 is 5.45. The molecule has 18 heavy (non-hydrogen) atoms. The van der Waals surface area contributed by atoms with E-state index in [1.165, 1.54) is 0 Å². The van der Waals surface area contributed by atoms with Crippen LogP contribution in [-0.2, 0) is 0 Å². The molecule has 5 nitrogen and oxygen atoms in total. The van der Waals surface area contributed by atoms with Crippen LogP contribution < -0.4 is 10.1 Å². The zero-order chi connectivity index (χ0) is 13.2. The Hall–Kier alpha value is -1.36. The number of hydrogen-bond donors (Lipinski definition) is 2. The molecule has 0 aliphatic heterocycles. The zero-order valence-electron chi connectivity index (χ0n) is 11.2. The molecule has 1 atom stereocenters. The zero-order valence-corrected chi connectivity index (χ0v) is 11.2. The van der Waals surface area contributed by atoms with E-state index in [-0.39, 0.29) is 6.61 Å². The highest BCUT2D eigenvalue weighted by Gasteiger charge is 2.06. The van der Waals surface area contributed by atoms with Gasteiger partial charge in [-0.15, -0.1) is 0 Å². The number of nitrogens with zero attached hydrogens (tertiary/aromatic N) is 2. The van der Waals surface area contributed by atoms with Crippen LogP contribution in [0.3, 0.4) is 0 Å². The third-order valence-corrected chi connectivity index (χ3v) is 2.75. The number of aromatic nitrogens is 2. The van der Waals surface area contributed by atoms with E-state index in [2.05, 4.69) is 29.1 Å². The quantitative estimate of drug-likeness (QED) is 0.705. The van der Waals surface area contributed by atoms with E-state index in [0.717, 1.165) is 25.8 Å². The molecule has 0 spiro atoms. The van der Waals surface area contributed by atoms with Gasteiger partial charge in [0.2, 0.25) is 11.8 Å². The summed E-state index contributed by atoms with van der Waals surface area (Å²) in [7, 11) is 0. The topological polar surface area (TPSA) is 67.3 Å². The summed E-state index contributed by atoms with van der Waals surface area (Å²) >= 11 is 0. The van der Waals surface area contributed by atoms with Gasteiger partial charge in [0.25, 0.3) is 0 Å². The highest BCUT2D eigenvalue weighted by atomic mass is 16.5. The Labute approximate surface area is 109 Å². The molecule has 0 fully saturated rings. The molecular weight excluding hydrogens is 230 g/mol. The first-order chi connectivity index (χ1) is 8.80. The first-order valence-electron chi connectivity index (χ1n) is 6.60. The summed E-state index contributed by atoms with van der Waals surface area (Å²) in [6, 6.07) is 1.76. The van der Waals surface area contributed by atoms with Crippen LogP contribution in [0, 0.1) is 5.92 Å². The fraction of sp³-hybridized carbons (Fsp3) is 0.692. The Balaban J connectivity index is 2.45. The molecule has 0 saturated heterocycles. The van der Waals surface area contributed by atoms with Crippen molar-refractivity contribution in [1.29, 1.82) is 0 Å². The summed E-state index contributed by atoms with van der Waals surface area (Å²) in [6.07, 6.45) is 4.48. The fourth-order valence-electron chi connectivity index (χ4n) is 1.58. The second-order valence-corrected chi connectivity index (χ2v) is 4.23. The average Bonchev–Trinajstić information content (AvgIpc) is 2.41. The minimum Gasteiger partial charge on any atom is -0.478 e. The fourth-order valence-corrected chi connectivity index (χ4v) is 1.58. The van der Waals surface area contributed by atoms with Gasteiger partial charge in [0.1, 0.15) is 0 Å². The molecule has 1 aromatic heterocycles. The highest BCUT2D eigenvalue weighted by molar-refractivity contribution is 5.27. The van der Waals surface area contributed by atoms with Gasteiger partial charge in [-0.3, -0.25) is 0 Å². The molecule has 0 aromatic carbocycles. The lowest BCUT2D eigenvalue weighted by Crippen LogP contribution is -2.16. The van der Waals surface area contributed by atoms with E-state index in [9.17, 15) is 0 Å². The monoisotopic (exact) mass is 253 g/mol. The summed E-state index contributed by atoms with van der Waals surface area (Å²) in [5, 5.41) is 12.1. The van der Waals surface area contributed by atoms with E-state index < -0.39 is 0 Å². The van der Waals surface area contributed by atoms with Gasteiger partial charge in [0.15, 0.2) is 0 Å². The number of hydrogen-bond acceptors (Lipinski definition) is 5. The first-order valence-corrected chi connectivity index (χ1v) is 6.60. The Bertz CT molecular complexity index is 334. The molecule has 0 radical (unpaired) electrons. The maximum absolute atomic E-state index is 8.93. The number of aliphatic hydroxyl groups excluding tert-OH is 1. The Morgan fingerprint density at radius 1 is 1.44 bits per heavy atom. The van der Waals surface area contributed by atoms with Crippen LogP contribution in [0.1, 0.15) is 33.1 Å². The lowest BCUT2D eigenvalue weighted by molar-refractivity contribution is 0.258. The van der Waals surface area contributed by atoms with Gasteiger partial charge in [0.05, 0.1) is 6.61 Å². The van der Waals surface area contributed by atoms with Crippen LogP contribution >= 0.6 is 0 Å². The SMILES string of the molecule is CCCOc1ccnc(NCC(CC)CCO)n1. The van der Waals surface area contributed by atoms with Gasteiger partial charge < -0.3 is 15.2 Å². The molecule has 0 saturated carbocycles. The van der Waals surface area contributed by atoms with Crippen molar-refractivity contribution < 1.29 is 9.84 Å². The van der Waals surface area contributed by atoms with E-state index in [4.69, 9.17) is 9.84 Å². The lowest BCUT2D eigenvalue weighted by atomic mass is 10.0. The van der Waals surface area contributed by atoms with Gasteiger partial charge in [-0.05, 0) is 18.8 Å². The number of nitrogens with one attached hydrogen (secondary N) is 1. The summed E-state index contributed by atoms with van der Waals surface area (Å²) in [5.74, 6) is 1.63. The maximum Gasteiger partial charge on any atom is 0.225 e. The molecule has 102 valence electrons. The van der Waals surface area contributed by atoms with Crippen molar-refractivity contribution in [3.63, 3.8) is 0 Å². The van der Waals surface area contributed by atoms with Crippen molar-refractivity contribution in [3.8, 4) is 5.88 Å². The van der Waals surface area contributed by atoms with Gasteiger partial charge in [-0.1, -0.05) is 20.3 Å². The summed E-state index contributed by atoms with van der Waals surface area (Å²) in [6.45, 7) is 5.83. The largest absolute Gasteiger partial charge is 0.478 e. The van der Waals surface area contributed by atoms with Crippen molar-refractivity contribution in [1.82, 2.24) is 9.97 Å². The minimum atomic E-state index is 0.223. The van der Waals surface area contributed by atoms with Crippen LogP contribution in [0.5, 0.6) is 5.88 Å². The third-order valence-electron chi connectivity index (χ3n) is 2.75. The number of ether oxygens (including phenoxy) is 1. The molecule has 2 N–H and O–H groups in total. The Kier molecular flexibility index (Phi) is 7.10. The van der Waals surface area contributed by atoms with Gasteiger partial charge in [-0.25, -0.2) is 4.98 Å². The molecule has 1 aromatic rings. The predicted molar refractivity (Wildman–Crippen MR) is 71.8 cm³/mol. The van der Waals surface area contributed by atoms with E-state index in [1.807, 2.05) is 0 Å². The van der Waals surface area contributed by atoms with E-state index in [1.54, 1.807) is 12.3 Å². The number of aliphatic hydroxyl groups is 1. The van der Waals surface area contributed by atoms with Crippen LogP contribution in [-0.4, -0.2) is 34.8 Å². The van der Waals surface area contributed by atoms with Crippen LogP contribution in [0.2, 0.25) is 0 Å². The molecule has 0 bridgehead atoms. The third kappa shape index (κ3) is 5.31. The molecule has 1 unspecified atom stereocenters. The molecular formula is C13H23N3O2. The first kappa shape index (κ1) is 14.7. The molecule has 0 amide bonds. The minimum absolute atomic E-state index is 0.223. The standard InChI is InChI=1S/C13H23N3O2/c1-3-9-18-12-5-7-14-13(16-12)15-10-11(4-2)6-8-17/h5,7,11,17H,3-4,6,8-10H2,1-2H3,(H,14,15,16). The number of anilines is 1. The second-order valence-electron chi connectivity index (χ2n) is 4.23. The van der Waals surface area contributed by atoms with Gasteiger partial charge in [-0.2, -0.15) is 4.98 Å². The van der Waals surface area contributed by atoms with Crippen molar-refractivity contribution in [2.45, 2.75) is 33.1 Å². The summed E-state index contributed by atoms with van der Waals surface area (Å²) in [4.78, 5) is 8.42. The molecule has 0 aliphatic rings. The average molecular weight is 253 g/mol. The second kappa shape index (κ2) is 8.69. The van der Waals surface area contributed by atoms with Crippen molar-refractivity contribution in [2.24, 2.45) is 5.92 Å². The van der Waals surface area contributed by atoms with E-state index in [0.29, 0.717) is 24.4 Å². The highest BCUT2D eigenvalue weighted by Crippen LogP contribution is 2.11. The lowest BCUT2D eigenvalue weighted by Gasteiger charge is -2.14. The molecule has 0 aliphatic carbocycles. The van der Waals surface area contributed by atoms with Crippen LogP contribution in [0.25, 0.3) is 0 Å². The normalized spacial score (nSPS) is 12.2. The van der Waals surface area contributed by atoms with Crippen molar-refractivity contribution >= 4 is 5.95 Å². The van der Waals surface area contributed by atoms with E-state index >= 15 is 0 Å². The summed E-state index contributed by atoms with van der Waals surface area (Å²) in [5.41, 5.74) is 0. The van der Waals surface area contributed by atoms with Crippen LogP contribution in [0.15, 0.2) is 12.3 Å². The van der Waals surface area contributed by atoms with Crippen molar-refractivity contribution in [2.75, 3.05) is 25.1 Å².